The molecular formula is C13H18BrNO. The van der Waals surface area contributed by atoms with Crippen molar-refractivity contribution in [3.8, 4) is 0 Å². The SMILES string of the molecule is CCN(CC)C(=O)Cc1ccc(Br)cc1C. The van der Waals surface area contributed by atoms with E-state index in [1.54, 1.807) is 0 Å². The molecule has 0 unspecified atom stereocenters. The molecule has 1 aromatic rings. The van der Waals surface area contributed by atoms with Gasteiger partial charge >= 0.3 is 0 Å². The second kappa shape index (κ2) is 6.04. The minimum Gasteiger partial charge on any atom is -0.343 e. The molecule has 16 heavy (non-hydrogen) atoms. The number of rotatable bonds is 4. The van der Waals surface area contributed by atoms with Gasteiger partial charge in [-0.05, 0) is 44.0 Å². The first-order chi connectivity index (χ1) is 7.58. The van der Waals surface area contributed by atoms with Crippen molar-refractivity contribution >= 4 is 21.8 Å². The van der Waals surface area contributed by atoms with Gasteiger partial charge in [-0.15, -0.1) is 0 Å². The molecule has 0 saturated heterocycles. The smallest absolute Gasteiger partial charge is 0.226 e. The Balaban J connectivity index is 2.76. The van der Waals surface area contributed by atoms with E-state index < -0.39 is 0 Å². The summed E-state index contributed by atoms with van der Waals surface area (Å²) in [7, 11) is 0. The van der Waals surface area contributed by atoms with E-state index in [4.69, 9.17) is 0 Å². The van der Waals surface area contributed by atoms with Gasteiger partial charge in [0.05, 0.1) is 6.42 Å². The molecule has 88 valence electrons. The highest BCUT2D eigenvalue weighted by Gasteiger charge is 2.11. The summed E-state index contributed by atoms with van der Waals surface area (Å²) in [4.78, 5) is 13.8. The normalized spacial score (nSPS) is 10.2. The molecule has 0 aromatic heterocycles. The maximum atomic E-state index is 11.9. The van der Waals surface area contributed by atoms with Crippen LogP contribution in [0.15, 0.2) is 22.7 Å². The first-order valence-electron chi connectivity index (χ1n) is 5.61. The van der Waals surface area contributed by atoms with Crippen molar-refractivity contribution in [2.45, 2.75) is 27.2 Å². The molecule has 0 fully saturated rings. The topological polar surface area (TPSA) is 20.3 Å². The van der Waals surface area contributed by atoms with E-state index in [1.165, 1.54) is 0 Å². The van der Waals surface area contributed by atoms with Crippen LogP contribution in [0.2, 0.25) is 0 Å². The lowest BCUT2D eigenvalue weighted by atomic mass is 10.1. The van der Waals surface area contributed by atoms with Crippen molar-refractivity contribution in [3.63, 3.8) is 0 Å². The van der Waals surface area contributed by atoms with Crippen LogP contribution in [0.4, 0.5) is 0 Å². The fourth-order valence-corrected chi connectivity index (χ4v) is 2.18. The Hall–Kier alpha value is -0.830. The van der Waals surface area contributed by atoms with Crippen molar-refractivity contribution in [2.24, 2.45) is 0 Å². The molecule has 0 aliphatic heterocycles. The minimum atomic E-state index is 0.204. The number of likely N-dealkylation sites (N-methyl/N-ethyl adjacent to an activating group) is 1. The van der Waals surface area contributed by atoms with Gasteiger partial charge in [-0.3, -0.25) is 4.79 Å². The van der Waals surface area contributed by atoms with E-state index in [2.05, 4.69) is 15.9 Å². The molecule has 3 heteroatoms. The van der Waals surface area contributed by atoms with Crippen molar-refractivity contribution < 1.29 is 4.79 Å². The van der Waals surface area contributed by atoms with Gasteiger partial charge in [-0.2, -0.15) is 0 Å². The second-order valence-corrected chi connectivity index (χ2v) is 4.73. The zero-order valence-corrected chi connectivity index (χ0v) is 11.7. The average molecular weight is 284 g/mol. The Morgan fingerprint density at radius 3 is 2.44 bits per heavy atom. The predicted molar refractivity (Wildman–Crippen MR) is 70.5 cm³/mol. The van der Waals surface area contributed by atoms with Gasteiger partial charge in [0.2, 0.25) is 5.91 Å². The molecule has 1 aromatic carbocycles. The van der Waals surface area contributed by atoms with Crippen molar-refractivity contribution in [2.75, 3.05) is 13.1 Å². The largest absolute Gasteiger partial charge is 0.343 e. The summed E-state index contributed by atoms with van der Waals surface area (Å²) in [5, 5.41) is 0. The summed E-state index contributed by atoms with van der Waals surface area (Å²) in [6, 6.07) is 6.05. The Labute approximate surface area is 106 Å². The Bertz CT molecular complexity index is 372. The lowest BCUT2D eigenvalue weighted by Gasteiger charge is -2.19. The van der Waals surface area contributed by atoms with Crippen LogP contribution < -0.4 is 0 Å². The second-order valence-electron chi connectivity index (χ2n) is 3.81. The maximum absolute atomic E-state index is 11.9. The summed E-state index contributed by atoms with van der Waals surface area (Å²) >= 11 is 3.42. The molecule has 0 aliphatic carbocycles. The third kappa shape index (κ3) is 3.34. The van der Waals surface area contributed by atoms with Crippen LogP contribution in [0, 0.1) is 6.92 Å². The predicted octanol–water partition coefficient (Wildman–Crippen LogP) is 3.17. The quantitative estimate of drug-likeness (QED) is 0.831. The molecule has 0 aliphatic rings. The lowest BCUT2D eigenvalue weighted by molar-refractivity contribution is -0.130. The maximum Gasteiger partial charge on any atom is 0.226 e. The highest BCUT2D eigenvalue weighted by molar-refractivity contribution is 9.10. The van der Waals surface area contributed by atoms with Gasteiger partial charge in [0, 0.05) is 17.6 Å². The number of carbonyl (C=O) groups is 1. The zero-order chi connectivity index (χ0) is 12.1. The van der Waals surface area contributed by atoms with Crippen LogP contribution in [0.1, 0.15) is 25.0 Å². The minimum absolute atomic E-state index is 0.204. The van der Waals surface area contributed by atoms with E-state index in [0.717, 1.165) is 28.7 Å². The number of aryl methyl sites for hydroxylation is 1. The van der Waals surface area contributed by atoms with Gasteiger partial charge in [-0.1, -0.05) is 22.0 Å². The number of amides is 1. The van der Waals surface area contributed by atoms with Crippen LogP contribution >= 0.6 is 15.9 Å². The van der Waals surface area contributed by atoms with E-state index in [9.17, 15) is 4.79 Å². The van der Waals surface area contributed by atoms with Crippen LogP contribution in [-0.2, 0) is 11.2 Å². The Morgan fingerprint density at radius 2 is 1.94 bits per heavy atom. The summed E-state index contributed by atoms with van der Waals surface area (Å²) in [6.07, 6.45) is 0.501. The van der Waals surface area contributed by atoms with Crippen LogP contribution in [0.25, 0.3) is 0 Å². The van der Waals surface area contributed by atoms with Gasteiger partial charge in [-0.25, -0.2) is 0 Å². The molecule has 0 bridgehead atoms. The van der Waals surface area contributed by atoms with E-state index in [-0.39, 0.29) is 5.91 Å². The van der Waals surface area contributed by atoms with Crippen LogP contribution in [-0.4, -0.2) is 23.9 Å². The first kappa shape index (κ1) is 13.2. The highest BCUT2D eigenvalue weighted by atomic mass is 79.9. The van der Waals surface area contributed by atoms with Crippen molar-refractivity contribution in [1.82, 2.24) is 4.90 Å². The molecule has 0 spiro atoms. The number of nitrogens with zero attached hydrogens (tertiary/aromatic N) is 1. The van der Waals surface area contributed by atoms with Crippen molar-refractivity contribution in [1.29, 1.82) is 0 Å². The van der Waals surface area contributed by atoms with Gasteiger partial charge < -0.3 is 4.90 Å². The number of carbonyl (C=O) groups excluding carboxylic acids is 1. The van der Waals surface area contributed by atoms with Crippen molar-refractivity contribution in [3.05, 3.63) is 33.8 Å². The van der Waals surface area contributed by atoms with E-state index >= 15 is 0 Å². The number of hydrogen-bond donors (Lipinski definition) is 0. The fourth-order valence-electron chi connectivity index (χ4n) is 1.71. The fraction of sp³-hybridized carbons (Fsp3) is 0.462. The third-order valence-electron chi connectivity index (χ3n) is 2.76. The van der Waals surface area contributed by atoms with Gasteiger partial charge in [0.15, 0.2) is 0 Å². The molecule has 0 atom stereocenters. The van der Waals surface area contributed by atoms with Crippen LogP contribution in [0.3, 0.4) is 0 Å². The van der Waals surface area contributed by atoms with Crippen LogP contribution in [0.5, 0.6) is 0 Å². The van der Waals surface area contributed by atoms with E-state index in [0.29, 0.717) is 6.42 Å². The molecule has 0 N–H and O–H groups in total. The molecule has 0 heterocycles. The molecule has 0 radical (unpaired) electrons. The third-order valence-corrected chi connectivity index (χ3v) is 3.26. The zero-order valence-electron chi connectivity index (χ0n) is 10.1. The highest BCUT2D eigenvalue weighted by Crippen LogP contribution is 2.16. The lowest BCUT2D eigenvalue weighted by Crippen LogP contribution is -2.31. The number of benzene rings is 1. The molecule has 2 nitrogen and oxygen atoms in total. The summed E-state index contributed by atoms with van der Waals surface area (Å²) in [5.74, 6) is 0.204. The first-order valence-corrected chi connectivity index (χ1v) is 6.40. The molecule has 1 amide bonds. The number of hydrogen-bond acceptors (Lipinski definition) is 1. The molecular weight excluding hydrogens is 266 g/mol. The Kier molecular flexibility index (Phi) is 5.00. The summed E-state index contributed by atoms with van der Waals surface area (Å²) < 4.78 is 1.06. The average Bonchev–Trinajstić information content (AvgIpc) is 2.24. The summed E-state index contributed by atoms with van der Waals surface area (Å²) in [5.41, 5.74) is 2.27. The van der Waals surface area contributed by atoms with E-state index in [1.807, 2.05) is 43.9 Å². The molecule has 0 saturated carbocycles. The standard InChI is InChI=1S/C13H18BrNO/c1-4-15(5-2)13(16)9-11-6-7-12(14)8-10(11)3/h6-8H,4-5,9H2,1-3H3. The number of halogens is 1. The summed E-state index contributed by atoms with van der Waals surface area (Å²) in [6.45, 7) is 7.62. The monoisotopic (exact) mass is 283 g/mol. The Morgan fingerprint density at radius 1 is 1.31 bits per heavy atom. The molecule has 1 rings (SSSR count). The van der Waals surface area contributed by atoms with Gasteiger partial charge in [0.1, 0.15) is 0 Å². The van der Waals surface area contributed by atoms with Gasteiger partial charge in [0.25, 0.3) is 0 Å².